The first kappa shape index (κ1) is 23.5. The van der Waals surface area contributed by atoms with E-state index in [2.05, 4.69) is 26.3 Å². The summed E-state index contributed by atoms with van der Waals surface area (Å²) in [5.41, 5.74) is 1.30. The highest BCUT2D eigenvalue weighted by atomic mass is 16.6. The Kier molecular flexibility index (Phi) is 8.95. The van der Waals surface area contributed by atoms with Crippen LogP contribution in [0, 0.1) is 5.92 Å². The molecule has 1 aliphatic carbocycles. The Morgan fingerprint density at radius 2 is 1.87 bits per heavy atom. The summed E-state index contributed by atoms with van der Waals surface area (Å²) in [6.07, 6.45) is 2.67. The zero-order chi connectivity index (χ0) is 22.0. The van der Waals surface area contributed by atoms with Crippen molar-refractivity contribution in [2.45, 2.75) is 59.1 Å². The van der Waals surface area contributed by atoms with Crippen LogP contribution in [-0.2, 0) is 16.1 Å². The second-order valence-electron chi connectivity index (χ2n) is 8.37. The molecule has 166 valence electrons. The van der Waals surface area contributed by atoms with Gasteiger partial charge in [-0.05, 0) is 58.2 Å². The maximum absolute atomic E-state index is 12.1. The topological polar surface area (TPSA) is 104 Å². The largest absolute Gasteiger partial charge is 0.444 e. The quantitative estimate of drug-likeness (QED) is 0.296. The fraction of sp³-hybridized carbons (Fsp3) is 0.591. The van der Waals surface area contributed by atoms with Crippen LogP contribution in [0.3, 0.4) is 0 Å². The molecule has 1 saturated carbocycles. The summed E-state index contributed by atoms with van der Waals surface area (Å²) in [5, 5.41) is 12.1. The molecule has 8 nitrogen and oxygen atoms in total. The monoisotopic (exact) mass is 417 g/mol. The van der Waals surface area contributed by atoms with E-state index in [-0.39, 0.29) is 11.8 Å². The molecule has 8 heteroatoms. The van der Waals surface area contributed by atoms with E-state index in [1.54, 1.807) is 0 Å². The van der Waals surface area contributed by atoms with Crippen molar-refractivity contribution in [2.75, 3.05) is 25.0 Å². The zero-order valence-electron chi connectivity index (χ0n) is 18.5. The molecule has 0 unspecified atom stereocenters. The summed E-state index contributed by atoms with van der Waals surface area (Å²) in [6.45, 7) is 9.61. The van der Waals surface area contributed by atoms with Crippen molar-refractivity contribution in [3.05, 3.63) is 29.8 Å². The van der Waals surface area contributed by atoms with E-state index in [1.165, 1.54) is 0 Å². The van der Waals surface area contributed by atoms with Crippen molar-refractivity contribution < 1.29 is 14.3 Å². The van der Waals surface area contributed by atoms with E-state index >= 15 is 0 Å². The number of carbonyl (C=O) groups is 2. The number of rotatable bonds is 8. The number of ether oxygens (including phenoxy) is 1. The van der Waals surface area contributed by atoms with Crippen molar-refractivity contribution in [1.29, 1.82) is 0 Å². The Bertz CT molecular complexity index is 739. The molecule has 0 spiro atoms. The molecule has 1 aromatic carbocycles. The van der Waals surface area contributed by atoms with Crippen LogP contribution in [0.2, 0.25) is 0 Å². The molecule has 0 aromatic heterocycles. The first-order valence-corrected chi connectivity index (χ1v) is 10.7. The molecule has 0 heterocycles. The van der Waals surface area contributed by atoms with Crippen LogP contribution >= 0.6 is 0 Å². The van der Waals surface area contributed by atoms with Crippen LogP contribution in [0.1, 0.15) is 52.5 Å². The van der Waals surface area contributed by atoms with Crippen LogP contribution in [0.25, 0.3) is 0 Å². The van der Waals surface area contributed by atoms with E-state index in [0.717, 1.165) is 37.1 Å². The number of amides is 2. The maximum atomic E-state index is 12.1. The smallest absolute Gasteiger partial charge is 0.407 e. The molecular weight excluding hydrogens is 382 g/mol. The van der Waals surface area contributed by atoms with Crippen molar-refractivity contribution >= 4 is 23.6 Å². The molecule has 2 rings (SSSR count). The molecule has 2 amide bonds. The highest BCUT2D eigenvalue weighted by Crippen LogP contribution is 2.27. The van der Waals surface area contributed by atoms with Crippen molar-refractivity contribution in [3.8, 4) is 0 Å². The summed E-state index contributed by atoms with van der Waals surface area (Å²) in [7, 11) is 0. The maximum Gasteiger partial charge on any atom is 0.407 e. The number of hydrogen-bond donors (Lipinski definition) is 4. The third-order valence-corrected chi connectivity index (χ3v) is 4.52. The van der Waals surface area contributed by atoms with Gasteiger partial charge < -0.3 is 26.0 Å². The fourth-order valence-electron chi connectivity index (χ4n) is 2.83. The molecule has 0 radical (unpaired) electrons. The number of nitrogens with one attached hydrogen (secondary N) is 4. The van der Waals surface area contributed by atoms with Gasteiger partial charge in [0.05, 0.1) is 6.54 Å². The molecular formula is C22H35N5O3. The van der Waals surface area contributed by atoms with Gasteiger partial charge in [0.25, 0.3) is 0 Å². The van der Waals surface area contributed by atoms with Gasteiger partial charge in [-0.25, -0.2) is 9.79 Å². The summed E-state index contributed by atoms with van der Waals surface area (Å²) in [6, 6.07) is 7.76. The van der Waals surface area contributed by atoms with Crippen molar-refractivity contribution in [3.63, 3.8) is 0 Å². The lowest BCUT2D eigenvalue weighted by Gasteiger charge is -2.24. The van der Waals surface area contributed by atoms with Gasteiger partial charge in [0.2, 0.25) is 5.91 Å². The zero-order valence-corrected chi connectivity index (χ0v) is 18.5. The number of guanidine groups is 1. The average molecular weight is 418 g/mol. The summed E-state index contributed by atoms with van der Waals surface area (Å²) in [5.74, 6) is 0.923. The first-order valence-electron chi connectivity index (χ1n) is 10.7. The minimum atomic E-state index is -0.514. The summed E-state index contributed by atoms with van der Waals surface area (Å²) in [4.78, 5) is 28.4. The number of carbonyl (C=O) groups excluding carboxylic acids is 2. The van der Waals surface area contributed by atoms with Crippen molar-refractivity contribution in [1.82, 2.24) is 16.0 Å². The van der Waals surface area contributed by atoms with E-state index < -0.39 is 11.7 Å². The van der Waals surface area contributed by atoms with Crippen LogP contribution in [-0.4, -0.2) is 43.2 Å². The molecule has 0 bridgehead atoms. The minimum absolute atomic E-state index is 0.106. The van der Waals surface area contributed by atoms with E-state index in [1.807, 2.05) is 52.0 Å². The van der Waals surface area contributed by atoms with E-state index in [0.29, 0.717) is 25.6 Å². The van der Waals surface area contributed by atoms with Gasteiger partial charge in [-0.15, -0.1) is 0 Å². The number of alkyl carbamates (subject to hydrolysis) is 1. The SMILES string of the molecule is CCNC(=NCc1cccc(NC(=O)C2CCC2)c1)NCCNC(=O)OC(C)(C)C. The predicted molar refractivity (Wildman–Crippen MR) is 119 cm³/mol. The molecule has 1 aliphatic rings. The Hall–Kier alpha value is -2.77. The second kappa shape index (κ2) is 11.4. The van der Waals surface area contributed by atoms with Gasteiger partial charge in [-0.2, -0.15) is 0 Å². The molecule has 0 saturated heterocycles. The lowest BCUT2D eigenvalue weighted by Crippen LogP contribution is -2.42. The average Bonchev–Trinajstić information content (AvgIpc) is 2.60. The third kappa shape index (κ3) is 8.71. The van der Waals surface area contributed by atoms with Crippen LogP contribution in [0.5, 0.6) is 0 Å². The Balaban J connectivity index is 1.81. The number of benzene rings is 1. The highest BCUT2D eigenvalue weighted by molar-refractivity contribution is 5.93. The van der Waals surface area contributed by atoms with Crippen LogP contribution in [0.15, 0.2) is 29.3 Å². The lowest BCUT2D eigenvalue weighted by molar-refractivity contribution is -0.122. The van der Waals surface area contributed by atoms with Gasteiger partial charge in [0.1, 0.15) is 5.60 Å². The Morgan fingerprint density at radius 1 is 1.13 bits per heavy atom. The Labute approximate surface area is 179 Å². The number of hydrogen-bond acceptors (Lipinski definition) is 4. The molecule has 4 N–H and O–H groups in total. The number of anilines is 1. The molecule has 30 heavy (non-hydrogen) atoms. The molecule has 1 aromatic rings. The minimum Gasteiger partial charge on any atom is -0.444 e. The van der Waals surface area contributed by atoms with Gasteiger partial charge in [0, 0.05) is 31.2 Å². The molecule has 0 atom stereocenters. The first-order chi connectivity index (χ1) is 14.3. The van der Waals surface area contributed by atoms with Gasteiger partial charge in [-0.3, -0.25) is 4.79 Å². The van der Waals surface area contributed by atoms with Gasteiger partial charge in [0.15, 0.2) is 5.96 Å². The number of nitrogens with zero attached hydrogens (tertiary/aromatic N) is 1. The summed E-state index contributed by atoms with van der Waals surface area (Å²) >= 11 is 0. The summed E-state index contributed by atoms with van der Waals surface area (Å²) < 4.78 is 5.21. The molecule has 0 aliphatic heterocycles. The van der Waals surface area contributed by atoms with Gasteiger partial charge >= 0.3 is 6.09 Å². The van der Waals surface area contributed by atoms with Crippen molar-refractivity contribution in [2.24, 2.45) is 10.9 Å². The number of aliphatic imine (C=N–C) groups is 1. The van der Waals surface area contributed by atoms with Crippen LogP contribution in [0.4, 0.5) is 10.5 Å². The second-order valence-corrected chi connectivity index (χ2v) is 8.37. The fourth-order valence-corrected chi connectivity index (χ4v) is 2.83. The highest BCUT2D eigenvalue weighted by Gasteiger charge is 2.25. The molecule has 1 fully saturated rings. The van der Waals surface area contributed by atoms with E-state index in [9.17, 15) is 9.59 Å². The predicted octanol–water partition coefficient (Wildman–Crippen LogP) is 3.01. The Morgan fingerprint density at radius 3 is 2.50 bits per heavy atom. The lowest BCUT2D eigenvalue weighted by atomic mass is 9.85. The van der Waals surface area contributed by atoms with E-state index in [4.69, 9.17) is 4.74 Å². The van der Waals surface area contributed by atoms with Gasteiger partial charge in [-0.1, -0.05) is 18.6 Å². The standard InChI is InChI=1S/C22H35N5O3/c1-5-23-20(24-12-13-25-21(29)30-22(2,3)4)26-15-16-8-6-11-18(14-16)27-19(28)17-9-7-10-17/h6,8,11,14,17H,5,7,9-10,12-13,15H2,1-4H3,(H,25,29)(H,27,28)(H2,23,24,26). The van der Waals surface area contributed by atoms with Crippen LogP contribution < -0.4 is 21.3 Å². The normalized spacial score (nSPS) is 14.5. The third-order valence-electron chi connectivity index (χ3n) is 4.52.